The molecule has 71 heavy (non-hydrogen) atoms. The SMILES string of the molecule is CC(=O)OCC1OC(OC(C)=O)C(N2C(=O)c3ccccc3C2=O)C(OC(C)=O)C1OC(C)=O.COC1OC(COC(C)=O)C(OC(C)=O)C(OC(C)=O)C1N1C(=O)c2ccccc2C1=O.[Cl][Sn]([Cl])([Cl])[Cl]. The van der Waals surface area contributed by atoms with Crippen LogP contribution >= 0.6 is 35.7 Å². The zero-order chi connectivity index (χ0) is 53.2. The first-order valence-corrected chi connectivity index (χ1v) is 35.3. The molecule has 0 aliphatic carbocycles. The van der Waals surface area contributed by atoms with Gasteiger partial charge in [0.2, 0.25) is 6.29 Å². The Bertz CT molecular complexity index is 2340. The van der Waals surface area contributed by atoms with Crippen LogP contribution in [0.4, 0.5) is 0 Å². The van der Waals surface area contributed by atoms with Gasteiger partial charge in [0.15, 0.2) is 30.7 Å². The summed E-state index contributed by atoms with van der Waals surface area (Å²) in [4.78, 5) is 136. The third-order valence-electron chi connectivity index (χ3n) is 10.1. The Morgan fingerprint density at radius 3 is 1.00 bits per heavy atom. The molecule has 4 aliphatic rings. The predicted octanol–water partition coefficient (Wildman–Crippen LogP) is 3.19. The van der Waals surface area contributed by atoms with E-state index in [4.69, 9.17) is 83.1 Å². The van der Waals surface area contributed by atoms with Crippen LogP contribution in [-0.4, -0.2) is 171 Å². The van der Waals surface area contributed by atoms with E-state index in [1.165, 1.54) is 38.3 Å². The first-order chi connectivity index (χ1) is 33.2. The Morgan fingerprint density at radius 2 is 0.732 bits per heavy atom. The molecule has 0 spiro atoms. The average Bonchev–Trinajstić information content (AvgIpc) is 3.66. The maximum atomic E-state index is 13.2. The number of nitrogens with zero attached hydrogens (tertiary/aromatic N) is 2. The molecule has 4 heterocycles. The number of esters is 7. The summed E-state index contributed by atoms with van der Waals surface area (Å²) in [7, 11) is 21.4. The summed E-state index contributed by atoms with van der Waals surface area (Å²) in [6.07, 6.45) is -10.8. The average molecular weight is 1190 g/mol. The molecule has 28 heteroatoms. The third kappa shape index (κ3) is 15.4. The van der Waals surface area contributed by atoms with Gasteiger partial charge < -0.3 is 47.4 Å². The molecule has 4 aliphatic heterocycles. The number of hydrogen-bond acceptors (Lipinski definition) is 21. The van der Waals surface area contributed by atoms with Crippen molar-refractivity contribution in [2.24, 2.45) is 0 Å². The van der Waals surface area contributed by atoms with Crippen molar-refractivity contribution in [3.8, 4) is 0 Å². The molecule has 0 saturated carbocycles. The Hall–Kier alpha value is -5.15. The van der Waals surface area contributed by atoms with Crippen molar-refractivity contribution in [2.45, 2.75) is 110 Å². The van der Waals surface area contributed by atoms with Gasteiger partial charge in [-0.25, -0.2) is 0 Å². The van der Waals surface area contributed by atoms with Crippen molar-refractivity contribution in [1.29, 1.82) is 0 Å². The zero-order valence-corrected chi connectivity index (χ0v) is 44.7. The number of rotatable bonds is 12. The number of methoxy groups -OCH3 is 1. The van der Waals surface area contributed by atoms with E-state index < -0.39 is 147 Å². The number of carbonyl (C=O) groups is 11. The van der Waals surface area contributed by atoms with Crippen LogP contribution in [0.2, 0.25) is 0 Å². The second kappa shape index (κ2) is 25.5. The molecule has 4 amide bonds. The van der Waals surface area contributed by atoms with Crippen molar-refractivity contribution in [2.75, 3.05) is 20.3 Å². The zero-order valence-electron chi connectivity index (χ0n) is 38.8. The normalized spacial score (nSPS) is 25.4. The summed E-state index contributed by atoms with van der Waals surface area (Å²) in [5, 5.41) is 0. The number of amides is 4. The second-order valence-electron chi connectivity index (χ2n) is 15.3. The van der Waals surface area contributed by atoms with Crippen LogP contribution < -0.4 is 0 Å². The van der Waals surface area contributed by atoms with Crippen molar-refractivity contribution in [3.05, 3.63) is 70.8 Å². The van der Waals surface area contributed by atoms with Gasteiger partial charge in [-0.3, -0.25) is 62.5 Å². The Labute approximate surface area is 423 Å². The van der Waals surface area contributed by atoms with E-state index in [0.29, 0.717) is 0 Å². The van der Waals surface area contributed by atoms with E-state index in [1.807, 2.05) is 0 Å². The molecule has 386 valence electrons. The summed E-state index contributed by atoms with van der Waals surface area (Å²) in [6.45, 7) is 7.00. The fourth-order valence-corrected chi connectivity index (χ4v) is 7.73. The van der Waals surface area contributed by atoms with Crippen molar-refractivity contribution in [3.63, 3.8) is 0 Å². The molecule has 10 atom stereocenters. The number of carbonyl (C=O) groups excluding carboxylic acids is 11. The van der Waals surface area contributed by atoms with E-state index in [-0.39, 0.29) is 28.9 Å². The number of ether oxygens (including phenoxy) is 10. The van der Waals surface area contributed by atoms with Crippen LogP contribution in [0.3, 0.4) is 0 Å². The summed E-state index contributed by atoms with van der Waals surface area (Å²) in [5.74, 6) is -8.02. The number of fused-ring (bicyclic) bond motifs is 2. The van der Waals surface area contributed by atoms with Gasteiger partial charge in [0.1, 0.15) is 37.5 Å². The van der Waals surface area contributed by atoms with Crippen LogP contribution in [-0.2, 0) is 80.9 Å². The maximum absolute atomic E-state index is 13.2. The monoisotopic (exact) mass is 1190 g/mol. The summed E-state index contributed by atoms with van der Waals surface area (Å²) in [5.41, 5.74) is 0.503. The van der Waals surface area contributed by atoms with E-state index >= 15 is 0 Å². The molecule has 2 aromatic rings. The fraction of sp³-hybridized carbons (Fsp3) is 0.465. The standard InChI is InChI=1S/C22H23NO11.C21H23NO10.4ClH.Sn/c1-10(24)30-9-16-18(31-11(2)25)19(32-12(3)26)17(22(34-16)33-13(4)27)23-20(28)14-7-5-6-8-15(14)21(23)29;1-10(23)29-9-15-17(30-11(2)24)18(31-12(3)25)16(21(28-4)32-15)22-19(26)13-7-5-6-8-14(13)20(22)27;;;;;/h5-8,16-19,22H,9H2,1-4H3;5-8,15-18,21H,9H2,1-4H3;4*1H;/q;;;;;;+4/p-4. The molecule has 2 saturated heterocycles. The van der Waals surface area contributed by atoms with Crippen molar-refractivity contribution >= 4 is 115 Å². The molecule has 0 bridgehead atoms. The molecule has 0 aromatic heterocycles. The Kier molecular flexibility index (Phi) is 21.0. The summed E-state index contributed by atoms with van der Waals surface area (Å²) >= 11 is -3.29. The van der Waals surface area contributed by atoms with Crippen LogP contribution in [0.1, 0.15) is 89.9 Å². The fourth-order valence-electron chi connectivity index (χ4n) is 7.73. The number of halogens is 4. The van der Waals surface area contributed by atoms with Gasteiger partial charge in [-0.1, -0.05) is 24.3 Å². The molecule has 23 nitrogen and oxygen atoms in total. The predicted molar refractivity (Wildman–Crippen MR) is 242 cm³/mol. The third-order valence-corrected chi connectivity index (χ3v) is 10.1. The molecular weight excluding hydrogens is 1140 g/mol. The first kappa shape index (κ1) is 58.4. The molecular formula is C43H46Cl4N2O21Sn. The molecule has 6 rings (SSSR count). The summed E-state index contributed by atoms with van der Waals surface area (Å²) in [6, 6.07) is 9.42. The number of imide groups is 2. The van der Waals surface area contributed by atoms with Gasteiger partial charge in [-0.05, 0) is 24.3 Å². The summed E-state index contributed by atoms with van der Waals surface area (Å²) < 4.78 is 53.6. The van der Waals surface area contributed by atoms with Gasteiger partial charge in [0.25, 0.3) is 23.6 Å². The van der Waals surface area contributed by atoms with Gasteiger partial charge in [0.05, 0.1) is 22.3 Å². The van der Waals surface area contributed by atoms with E-state index in [2.05, 4.69) is 0 Å². The number of benzene rings is 2. The van der Waals surface area contributed by atoms with Gasteiger partial charge in [-0.2, -0.15) is 0 Å². The Morgan fingerprint density at radius 1 is 0.465 bits per heavy atom. The van der Waals surface area contributed by atoms with Gasteiger partial charge >= 0.3 is 91.3 Å². The van der Waals surface area contributed by atoms with Crippen LogP contribution in [0.5, 0.6) is 0 Å². The number of hydrogen-bond donors (Lipinski definition) is 0. The minimum absolute atomic E-state index is 0.0849. The van der Waals surface area contributed by atoms with E-state index in [0.717, 1.165) is 51.3 Å². The first-order valence-electron chi connectivity index (χ1n) is 20.8. The Balaban J connectivity index is 0.000000282. The van der Waals surface area contributed by atoms with Gasteiger partial charge in [-0.15, -0.1) is 0 Å². The molecule has 10 unspecified atom stereocenters. The molecule has 2 fully saturated rings. The van der Waals surface area contributed by atoms with Gasteiger partial charge in [0, 0.05) is 55.6 Å². The topological polar surface area (TPSA) is 287 Å². The second-order valence-corrected chi connectivity index (χ2v) is 40.7. The van der Waals surface area contributed by atoms with E-state index in [9.17, 15) is 52.7 Å². The quantitative estimate of drug-likeness (QED) is 0.128. The minimum atomic E-state index is -3.29. The molecule has 0 N–H and O–H groups in total. The molecule has 0 radical (unpaired) electrons. The molecule has 2 aromatic carbocycles. The van der Waals surface area contributed by atoms with Crippen molar-refractivity contribution < 1.29 is 100 Å². The van der Waals surface area contributed by atoms with E-state index in [1.54, 1.807) is 24.3 Å². The van der Waals surface area contributed by atoms with Crippen LogP contribution in [0, 0.1) is 0 Å². The van der Waals surface area contributed by atoms with Crippen LogP contribution in [0.25, 0.3) is 0 Å². The van der Waals surface area contributed by atoms with Crippen molar-refractivity contribution in [1.82, 2.24) is 9.80 Å². The van der Waals surface area contributed by atoms with Crippen LogP contribution in [0.15, 0.2) is 48.5 Å².